The van der Waals surface area contributed by atoms with E-state index in [4.69, 9.17) is 4.42 Å². The Kier molecular flexibility index (Phi) is 6.31. The van der Waals surface area contributed by atoms with Crippen molar-refractivity contribution in [3.8, 4) is 0 Å². The average Bonchev–Trinajstić information content (AvgIpc) is 2.80. The fourth-order valence-electron chi connectivity index (χ4n) is 3.30. The lowest BCUT2D eigenvalue weighted by Gasteiger charge is -2.33. The molecule has 0 unspecified atom stereocenters. The first-order chi connectivity index (χ1) is 10.1. The van der Waals surface area contributed by atoms with Crippen LogP contribution in [0.25, 0.3) is 0 Å². The molecule has 1 aliphatic carbocycles. The SMILES string of the molecule is CCCNCc1cc(CN(C)C2CCC(C)CC2)c(C)o1. The van der Waals surface area contributed by atoms with Gasteiger partial charge < -0.3 is 9.73 Å². The van der Waals surface area contributed by atoms with Crippen molar-refractivity contribution in [2.75, 3.05) is 13.6 Å². The molecule has 1 heterocycles. The quantitative estimate of drug-likeness (QED) is 0.767. The number of nitrogens with zero attached hydrogens (tertiary/aromatic N) is 1. The second kappa shape index (κ2) is 8.00. The van der Waals surface area contributed by atoms with Crippen LogP contribution in [-0.2, 0) is 13.1 Å². The number of hydrogen-bond donors (Lipinski definition) is 1. The van der Waals surface area contributed by atoms with Crippen molar-refractivity contribution in [2.24, 2.45) is 5.92 Å². The summed E-state index contributed by atoms with van der Waals surface area (Å²) in [6.07, 6.45) is 6.62. The molecule has 0 amide bonds. The third-order valence-electron chi connectivity index (χ3n) is 4.83. The second-order valence-corrected chi connectivity index (χ2v) is 6.80. The maximum absolute atomic E-state index is 5.88. The van der Waals surface area contributed by atoms with E-state index in [9.17, 15) is 0 Å². The summed E-state index contributed by atoms with van der Waals surface area (Å²) in [5, 5.41) is 3.41. The van der Waals surface area contributed by atoms with E-state index in [0.29, 0.717) is 0 Å². The fourth-order valence-corrected chi connectivity index (χ4v) is 3.30. The first-order valence-corrected chi connectivity index (χ1v) is 8.59. The highest BCUT2D eigenvalue weighted by atomic mass is 16.3. The van der Waals surface area contributed by atoms with Crippen LogP contribution in [0, 0.1) is 12.8 Å². The van der Waals surface area contributed by atoms with Crippen LogP contribution in [0.1, 0.15) is 63.0 Å². The Bertz CT molecular complexity index is 419. The van der Waals surface area contributed by atoms with Crippen LogP contribution in [0.4, 0.5) is 0 Å². The third-order valence-corrected chi connectivity index (χ3v) is 4.83. The van der Waals surface area contributed by atoms with Gasteiger partial charge in [0, 0.05) is 18.2 Å². The fraction of sp³-hybridized carbons (Fsp3) is 0.778. The predicted octanol–water partition coefficient (Wildman–Crippen LogP) is 4.10. The molecular weight excluding hydrogens is 260 g/mol. The van der Waals surface area contributed by atoms with Crippen LogP contribution in [0.15, 0.2) is 10.5 Å². The topological polar surface area (TPSA) is 28.4 Å². The third kappa shape index (κ3) is 4.86. The summed E-state index contributed by atoms with van der Waals surface area (Å²) in [6.45, 7) is 9.57. The van der Waals surface area contributed by atoms with Gasteiger partial charge in [0.05, 0.1) is 6.54 Å². The Labute approximate surface area is 130 Å². The van der Waals surface area contributed by atoms with E-state index in [1.165, 1.54) is 31.2 Å². The van der Waals surface area contributed by atoms with E-state index < -0.39 is 0 Å². The minimum absolute atomic E-state index is 0.747. The summed E-state index contributed by atoms with van der Waals surface area (Å²) in [7, 11) is 2.27. The molecule has 1 aromatic heterocycles. The molecule has 1 N–H and O–H groups in total. The van der Waals surface area contributed by atoms with Gasteiger partial charge >= 0.3 is 0 Å². The van der Waals surface area contributed by atoms with Gasteiger partial charge in [-0.15, -0.1) is 0 Å². The van der Waals surface area contributed by atoms with Gasteiger partial charge in [-0.3, -0.25) is 4.90 Å². The lowest BCUT2D eigenvalue weighted by Crippen LogP contribution is -2.34. The Balaban J connectivity index is 1.86. The lowest BCUT2D eigenvalue weighted by molar-refractivity contribution is 0.163. The molecule has 0 bridgehead atoms. The highest BCUT2D eigenvalue weighted by Gasteiger charge is 2.22. The molecule has 120 valence electrons. The Hall–Kier alpha value is -0.800. The van der Waals surface area contributed by atoms with Crippen LogP contribution >= 0.6 is 0 Å². The zero-order valence-electron chi connectivity index (χ0n) is 14.2. The first kappa shape index (κ1) is 16.6. The average molecular weight is 292 g/mol. The minimum atomic E-state index is 0.747. The van der Waals surface area contributed by atoms with Gasteiger partial charge in [-0.2, -0.15) is 0 Å². The summed E-state index contributed by atoms with van der Waals surface area (Å²) in [5.41, 5.74) is 1.35. The van der Waals surface area contributed by atoms with E-state index in [-0.39, 0.29) is 0 Å². The largest absolute Gasteiger partial charge is 0.465 e. The second-order valence-electron chi connectivity index (χ2n) is 6.80. The smallest absolute Gasteiger partial charge is 0.118 e. The normalized spacial score (nSPS) is 22.9. The van der Waals surface area contributed by atoms with Crippen LogP contribution < -0.4 is 5.32 Å². The summed E-state index contributed by atoms with van der Waals surface area (Å²) in [4.78, 5) is 2.52. The number of furan rings is 1. The van der Waals surface area contributed by atoms with Gasteiger partial charge in [0.1, 0.15) is 11.5 Å². The molecular formula is C18H32N2O. The molecule has 0 saturated heterocycles. The highest BCUT2D eigenvalue weighted by Crippen LogP contribution is 2.28. The zero-order valence-corrected chi connectivity index (χ0v) is 14.2. The standard InChI is InChI=1S/C18H32N2O/c1-5-10-19-12-18-11-16(15(3)21-18)13-20(4)17-8-6-14(2)7-9-17/h11,14,17,19H,5-10,12-13H2,1-4H3. The maximum atomic E-state index is 5.88. The maximum Gasteiger partial charge on any atom is 0.118 e. The van der Waals surface area contributed by atoms with Gasteiger partial charge in [0.25, 0.3) is 0 Å². The molecule has 0 aliphatic heterocycles. The van der Waals surface area contributed by atoms with Gasteiger partial charge in [-0.05, 0) is 64.6 Å². The Morgan fingerprint density at radius 1 is 1.29 bits per heavy atom. The van der Waals surface area contributed by atoms with Gasteiger partial charge in [-0.1, -0.05) is 13.8 Å². The Morgan fingerprint density at radius 2 is 2.00 bits per heavy atom. The summed E-state index contributed by atoms with van der Waals surface area (Å²) in [5.74, 6) is 3.07. The lowest BCUT2D eigenvalue weighted by atomic mass is 9.86. The van der Waals surface area contributed by atoms with Crippen molar-refractivity contribution in [3.63, 3.8) is 0 Å². The molecule has 21 heavy (non-hydrogen) atoms. The van der Waals surface area contributed by atoms with Crippen molar-refractivity contribution in [1.82, 2.24) is 10.2 Å². The van der Waals surface area contributed by atoms with Crippen LogP contribution in [0.3, 0.4) is 0 Å². The number of hydrogen-bond acceptors (Lipinski definition) is 3. The van der Waals surface area contributed by atoms with E-state index >= 15 is 0 Å². The van der Waals surface area contributed by atoms with Gasteiger partial charge in [0.2, 0.25) is 0 Å². The highest BCUT2D eigenvalue weighted by molar-refractivity contribution is 5.20. The van der Waals surface area contributed by atoms with Crippen molar-refractivity contribution < 1.29 is 4.42 Å². The number of rotatable bonds is 7. The Morgan fingerprint density at radius 3 is 2.67 bits per heavy atom. The van der Waals surface area contributed by atoms with Crippen molar-refractivity contribution in [2.45, 2.75) is 72.0 Å². The molecule has 0 radical (unpaired) electrons. The van der Waals surface area contributed by atoms with Crippen LogP contribution in [0.2, 0.25) is 0 Å². The number of aryl methyl sites for hydroxylation is 1. The van der Waals surface area contributed by atoms with E-state index in [0.717, 1.165) is 49.5 Å². The summed E-state index contributed by atoms with van der Waals surface area (Å²) < 4.78 is 5.88. The van der Waals surface area contributed by atoms with E-state index in [1.54, 1.807) is 0 Å². The molecule has 2 rings (SSSR count). The molecule has 3 nitrogen and oxygen atoms in total. The van der Waals surface area contributed by atoms with Crippen LogP contribution in [0.5, 0.6) is 0 Å². The predicted molar refractivity (Wildman–Crippen MR) is 88.3 cm³/mol. The van der Waals surface area contributed by atoms with Crippen molar-refractivity contribution in [3.05, 3.63) is 23.2 Å². The molecule has 1 fully saturated rings. The van der Waals surface area contributed by atoms with Gasteiger partial charge in [-0.25, -0.2) is 0 Å². The number of nitrogens with one attached hydrogen (secondary N) is 1. The van der Waals surface area contributed by atoms with Crippen molar-refractivity contribution >= 4 is 0 Å². The molecule has 0 atom stereocenters. The van der Waals surface area contributed by atoms with Gasteiger partial charge in [0.15, 0.2) is 0 Å². The molecule has 3 heteroatoms. The van der Waals surface area contributed by atoms with Crippen LogP contribution in [-0.4, -0.2) is 24.5 Å². The first-order valence-electron chi connectivity index (χ1n) is 8.59. The molecule has 0 spiro atoms. The molecule has 1 saturated carbocycles. The van der Waals surface area contributed by atoms with E-state index in [1.807, 2.05) is 0 Å². The molecule has 0 aromatic carbocycles. The minimum Gasteiger partial charge on any atom is -0.465 e. The summed E-state index contributed by atoms with van der Waals surface area (Å²) in [6, 6.07) is 2.98. The molecule has 1 aromatic rings. The van der Waals surface area contributed by atoms with E-state index in [2.05, 4.69) is 44.1 Å². The summed E-state index contributed by atoms with van der Waals surface area (Å²) >= 11 is 0. The molecule has 1 aliphatic rings. The van der Waals surface area contributed by atoms with Crippen molar-refractivity contribution in [1.29, 1.82) is 0 Å². The monoisotopic (exact) mass is 292 g/mol. The zero-order chi connectivity index (χ0) is 15.2.